The van der Waals surface area contributed by atoms with E-state index in [2.05, 4.69) is 30.4 Å². The molecule has 0 aliphatic carbocycles. The Balaban J connectivity index is 4.53. The fraction of sp³-hybridized carbons (Fsp3) is 0.933. The van der Waals surface area contributed by atoms with E-state index in [0.717, 1.165) is 12.2 Å². The summed E-state index contributed by atoms with van der Waals surface area (Å²) in [6, 6.07) is 0.454. The second-order valence-electron chi connectivity index (χ2n) is 6.53. The highest BCUT2D eigenvalue weighted by molar-refractivity contribution is 7.98. The molecule has 0 rings (SSSR count). The number of likely N-dealkylation sites (N-methyl/N-ethyl adjacent to an activating group) is 1. The summed E-state index contributed by atoms with van der Waals surface area (Å²) in [7, 11) is 2.07. The summed E-state index contributed by atoms with van der Waals surface area (Å²) in [5, 5.41) is 2.89. The summed E-state index contributed by atoms with van der Waals surface area (Å²) >= 11 is 1.84. The average Bonchev–Trinajstić information content (AvgIpc) is 2.33. The Hall–Kier alpha value is -0.460. The molecule has 0 spiro atoms. The first-order valence-corrected chi connectivity index (χ1v) is 8.92. The van der Waals surface area contributed by atoms with Gasteiger partial charge in [0.05, 0.1) is 0 Å². The van der Waals surface area contributed by atoms with Crippen LogP contribution in [-0.2, 0) is 4.74 Å². The van der Waals surface area contributed by atoms with Gasteiger partial charge in [-0.3, -0.25) is 4.90 Å². The highest BCUT2D eigenvalue weighted by Gasteiger charge is 2.26. The second kappa shape index (κ2) is 9.54. The van der Waals surface area contributed by atoms with Gasteiger partial charge in [-0.05, 0) is 60.1 Å². The summed E-state index contributed by atoms with van der Waals surface area (Å²) in [6.45, 7) is 10.2. The summed E-state index contributed by atoms with van der Waals surface area (Å²) in [5.41, 5.74) is 5.42. The number of hydrogen-bond donors (Lipinski definition) is 2. The first-order valence-electron chi connectivity index (χ1n) is 7.52. The van der Waals surface area contributed by atoms with Crippen molar-refractivity contribution in [1.29, 1.82) is 0 Å². The van der Waals surface area contributed by atoms with Crippen LogP contribution in [0.1, 0.15) is 41.0 Å². The largest absolute Gasteiger partial charge is 0.444 e. The van der Waals surface area contributed by atoms with Gasteiger partial charge in [-0.25, -0.2) is 4.79 Å². The van der Waals surface area contributed by atoms with E-state index in [1.807, 2.05) is 39.5 Å². The molecule has 0 saturated heterocycles. The fourth-order valence-corrected chi connectivity index (χ4v) is 2.71. The second-order valence-corrected chi connectivity index (χ2v) is 7.52. The zero-order valence-electron chi connectivity index (χ0n) is 14.6. The Morgan fingerprint density at radius 1 is 1.38 bits per heavy atom. The molecule has 0 heterocycles. The lowest BCUT2D eigenvalue weighted by atomic mass is 10.1. The van der Waals surface area contributed by atoms with Crippen LogP contribution >= 0.6 is 11.8 Å². The minimum Gasteiger partial charge on any atom is -0.444 e. The first kappa shape index (κ1) is 20.5. The van der Waals surface area contributed by atoms with Gasteiger partial charge < -0.3 is 15.8 Å². The molecule has 0 aliphatic heterocycles. The molecule has 3 unspecified atom stereocenters. The molecule has 1 amide bonds. The van der Waals surface area contributed by atoms with Gasteiger partial charge in [0.15, 0.2) is 0 Å². The Morgan fingerprint density at radius 3 is 2.38 bits per heavy atom. The summed E-state index contributed by atoms with van der Waals surface area (Å²) in [5.74, 6) is 1.12. The minimum atomic E-state index is -0.487. The lowest BCUT2D eigenvalue weighted by molar-refractivity contribution is 0.0466. The normalized spacial score (nSPS) is 16.4. The molecule has 3 N–H and O–H groups in total. The van der Waals surface area contributed by atoms with Crippen molar-refractivity contribution in [2.45, 2.75) is 64.8 Å². The molecule has 0 saturated carbocycles. The summed E-state index contributed by atoms with van der Waals surface area (Å²) in [4.78, 5) is 14.1. The molecular formula is C15H33N3O2S. The number of thioether (sulfide) groups is 1. The van der Waals surface area contributed by atoms with Crippen LogP contribution in [0.15, 0.2) is 0 Å². The van der Waals surface area contributed by atoms with Crippen molar-refractivity contribution >= 4 is 17.9 Å². The monoisotopic (exact) mass is 319 g/mol. The average molecular weight is 320 g/mol. The first-order chi connectivity index (χ1) is 9.62. The van der Waals surface area contributed by atoms with Gasteiger partial charge >= 0.3 is 6.09 Å². The van der Waals surface area contributed by atoms with Crippen LogP contribution in [0.25, 0.3) is 0 Å². The molecule has 3 atom stereocenters. The van der Waals surface area contributed by atoms with E-state index < -0.39 is 11.7 Å². The number of nitrogens with one attached hydrogen (secondary N) is 1. The van der Waals surface area contributed by atoms with Gasteiger partial charge in [-0.1, -0.05) is 0 Å². The maximum absolute atomic E-state index is 11.9. The third kappa shape index (κ3) is 8.53. The van der Waals surface area contributed by atoms with Crippen LogP contribution < -0.4 is 11.1 Å². The van der Waals surface area contributed by atoms with Crippen molar-refractivity contribution in [3.05, 3.63) is 0 Å². The Morgan fingerprint density at radius 2 is 1.95 bits per heavy atom. The number of carbonyl (C=O) groups excluding carboxylic acids is 1. The lowest BCUT2D eigenvalue weighted by Gasteiger charge is -2.36. The number of alkyl carbamates (subject to hydrolysis) is 1. The smallest absolute Gasteiger partial charge is 0.407 e. The van der Waals surface area contributed by atoms with Gasteiger partial charge in [0.2, 0.25) is 0 Å². The SMILES string of the molecule is CSCCC(C)N(C)C(CN)C(C)NC(=O)OC(C)(C)C. The number of nitrogens with zero attached hydrogens (tertiary/aromatic N) is 1. The van der Waals surface area contributed by atoms with Gasteiger partial charge in [0.25, 0.3) is 0 Å². The Bertz CT molecular complexity index is 308. The maximum atomic E-state index is 11.9. The van der Waals surface area contributed by atoms with Gasteiger partial charge in [-0.15, -0.1) is 0 Å². The maximum Gasteiger partial charge on any atom is 0.407 e. The van der Waals surface area contributed by atoms with E-state index in [0.29, 0.717) is 12.6 Å². The highest BCUT2D eigenvalue weighted by atomic mass is 32.2. The highest BCUT2D eigenvalue weighted by Crippen LogP contribution is 2.12. The molecule has 0 radical (unpaired) electrons. The van der Waals surface area contributed by atoms with E-state index in [9.17, 15) is 4.79 Å². The van der Waals surface area contributed by atoms with E-state index in [1.165, 1.54) is 0 Å². The standard InChI is InChI=1S/C15H33N3O2S/c1-11(8-9-21-7)18(6)13(10-16)12(2)17-14(19)20-15(3,4)5/h11-13H,8-10,16H2,1-7H3,(H,17,19). The summed E-state index contributed by atoms with van der Waals surface area (Å²) in [6.07, 6.45) is 2.83. The lowest BCUT2D eigenvalue weighted by Crippen LogP contribution is -2.55. The van der Waals surface area contributed by atoms with Crippen LogP contribution in [0.4, 0.5) is 4.79 Å². The molecule has 0 aromatic heterocycles. The van der Waals surface area contributed by atoms with Crippen molar-refractivity contribution in [3.8, 4) is 0 Å². The number of carbonyl (C=O) groups is 1. The zero-order valence-corrected chi connectivity index (χ0v) is 15.4. The van der Waals surface area contributed by atoms with Crippen LogP contribution in [0.3, 0.4) is 0 Å². The van der Waals surface area contributed by atoms with Gasteiger partial charge in [0.1, 0.15) is 5.60 Å². The third-order valence-electron chi connectivity index (χ3n) is 3.52. The van der Waals surface area contributed by atoms with E-state index in [-0.39, 0.29) is 12.1 Å². The third-order valence-corrected chi connectivity index (χ3v) is 4.17. The van der Waals surface area contributed by atoms with Crippen LogP contribution in [-0.4, -0.2) is 60.3 Å². The van der Waals surface area contributed by atoms with Crippen molar-refractivity contribution < 1.29 is 9.53 Å². The number of hydrogen-bond acceptors (Lipinski definition) is 5. The topological polar surface area (TPSA) is 67.6 Å². The molecule has 0 aromatic carbocycles. The number of nitrogens with two attached hydrogens (primary N) is 1. The molecule has 21 heavy (non-hydrogen) atoms. The molecule has 6 heteroatoms. The Labute approximate surface area is 134 Å². The van der Waals surface area contributed by atoms with Crippen molar-refractivity contribution in [1.82, 2.24) is 10.2 Å². The fourth-order valence-electron chi connectivity index (χ4n) is 2.13. The Kier molecular flexibility index (Phi) is 9.33. The van der Waals surface area contributed by atoms with Gasteiger partial charge in [-0.2, -0.15) is 11.8 Å². The van der Waals surface area contributed by atoms with Crippen molar-refractivity contribution in [2.75, 3.05) is 25.6 Å². The molecule has 0 aliphatic rings. The molecule has 0 bridgehead atoms. The number of rotatable bonds is 8. The predicted molar refractivity (Wildman–Crippen MR) is 91.9 cm³/mol. The van der Waals surface area contributed by atoms with Crippen LogP contribution in [0.5, 0.6) is 0 Å². The predicted octanol–water partition coefficient (Wildman–Crippen LogP) is 2.30. The van der Waals surface area contributed by atoms with Crippen molar-refractivity contribution in [2.24, 2.45) is 5.73 Å². The van der Waals surface area contributed by atoms with Crippen molar-refractivity contribution in [3.63, 3.8) is 0 Å². The van der Waals surface area contributed by atoms with Crippen LogP contribution in [0.2, 0.25) is 0 Å². The number of ether oxygens (including phenoxy) is 1. The van der Waals surface area contributed by atoms with E-state index in [4.69, 9.17) is 10.5 Å². The molecule has 5 nitrogen and oxygen atoms in total. The van der Waals surface area contributed by atoms with Crippen LogP contribution in [0, 0.1) is 0 Å². The molecule has 126 valence electrons. The van der Waals surface area contributed by atoms with E-state index >= 15 is 0 Å². The molecule has 0 fully saturated rings. The quantitative estimate of drug-likeness (QED) is 0.718. The molecule has 0 aromatic rings. The minimum absolute atomic E-state index is 0.0634. The van der Waals surface area contributed by atoms with Gasteiger partial charge in [0, 0.05) is 24.7 Å². The molecular weight excluding hydrogens is 286 g/mol. The number of amides is 1. The summed E-state index contributed by atoms with van der Waals surface area (Å²) < 4.78 is 5.30. The van der Waals surface area contributed by atoms with E-state index in [1.54, 1.807) is 0 Å². The zero-order chi connectivity index (χ0) is 16.6.